The number of carbonyl (C=O) groups excluding carboxylic acids is 1. The summed E-state index contributed by atoms with van der Waals surface area (Å²) in [6, 6.07) is 4.08. The average Bonchev–Trinajstić information content (AvgIpc) is 3.37. The van der Waals surface area contributed by atoms with E-state index in [1.807, 2.05) is 11.4 Å². The second-order valence-electron chi connectivity index (χ2n) is 8.11. The lowest BCUT2D eigenvalue weighted by atomic mass is 9.85. The summed E-state index contributed by atoms with van der Waals surface area (Å²) in [5.74, 6) is -1.55. The molecule has 0 radical (unpaired) electrons. The zero-order chi connectivity index (χ0) is 21.8. The highest BCUT2D eigenvalue weighted by Crippen LogP contribution is 2.37. The van der Waals surface area contributed by atoms with Crippen LogP contribution in [0.5, 0.6) is 0 Å². The van der Waals surface area contributed by atoms with Gasteiger partial charge in [0.25, 0.3) is 0 Å². The Labute approximate surface area is 177 Å². The van der Waals surface area contributed by atoms with Crippen molar-refractivity contribution in [3.63, 3.8) is 0 Å². The number of carboxylic acids is 1. The van der Waals surface area contributed by atoms with Gasteiger partial charge < -0.3 is 14.7 Å². The van der Waals surface area contributed by atoms with Gasteiger partial charge in [0.1, 0.15) is 0 Å². The summed E-state index contributed by atoms with van der Waals surface area (Å²) in [6.07, 6.45) is 0.413. The van der Waals surface area contributed by atoms with Crippen molar-refractivity contribution in [2.75, 3.05) is 39.4 Å². The van der Waals surface area contributed by atoms with Gasteiger partial charge in [-0.15, -0.1) is 11.3 Å². The van der Waals surface area contributed by atoms with Crippen LogP contribution in [0.2, 0.25) is 0 Å². The number of nitrogens with zero attached hydrogens (tertiary/aromatic N) is 2. The number of amides is 1. The summed E-state index contributed by atoms with van der Waals surface area (Å²) < 4.78 is 37.6. The van der Waals surface area contributed by atoms with Crippen LogP contribution in [0.25, 0.3) is 0 Å². The van der Waals surface area contributed by atoms with Crippen LogP contribution in [-0.2, 0) is 20.7 Å². The van der Waals surface area contributed by atoms with E-state index in [1.165, 1.54) is 24.3 Å². The van der Waals surface area contributed by atoms with Crippen LogP contribution in [0.4, 0.5) is 13.2 Å². The van der Waals surface area contributed by atoms with Gasteiger partial charge in [-0.3, -0.25) is 9.69 Å². The number of halogens is 3. The molecule has 4 rings (SSSR count). The Morgan fingerprint density at radius 2 is 1.90 bits per heavy atom. The highest BCUT2D eigenvalue weighted by Gasteiger charge is 2.44. The normalized spacial score (nSPS) is 21.8. The van der Waals surface area contributed by atoms with Crippen molar-refractivity contribution < 1.29 is 32.6 Å². The van der Waals surface area contributed by atoms with Crippen molar-refractivity contribution in [3.05, 3.63) is 22.4 Å². The fraction of sp³-hybridized carbons (Fsp3) is 0.700. The van der Waals surface area contributed by atoms with Crippen LogP contribution in [0.1, 0.15) is 30.6 Å². The van der Waals surface area contributed by atoms with Crippen molar-refractivity contribution in [1.82, 2.24) is 9.80 Å². The molecule has 3 aliphatic rings. The topological polar surface area (TPSA) is 70.1 Å². The molecule has 30 heavy (non-hydrogen) atoms. The summed E-state index contributed by atoms with van der Waals surface area (Å²) in [5.41, 5.74) is 0.195. The molecule has 10 heteroatoms. The molecule has 1 spiro atoms. The first-order chi connectivity index (χ1) is 14.2. The first kappa shape index (κ1) is 23.0. The second kappa shape index (κ2) is 9.65. The number of rotatable bonds is 4. The summed E-state index contributed by atoms with van der Waals surface area (Å²) in [7, 11) is 0. The number of thiophene rings is 1. The van der Waals surface area contributed by atoms with Gasteiger partial charge in [0.15, 0.2) is 0 Å². The molecule has 0 aromatic carbocycles. The Balaban J connectivity index is 0.000000318. The summed E-state index contributed by atoms with van der Waals surface area (Å²) in [4.78, 5) is 27.3. The predicted molar refractivity (Wildman–Crippen MR) is 105 cm³/mol. The molecule has 0 atom stereocenters. The molecule has 1 N–H and O–H groups in total. The van der Waals surface area contributed by atoms with E-state index in [4.69, 9.17) is 14.6 Å². The summed E-state index contributed by atoms with van der Waals surface area (Å²) >= 11 is 1.68. The minimum absolute atomic E-state index is 0.195. The quantitative estimate of drug-likeness (QED) is 0.767. The molecule has 3 fully saturated rings. The van der Waals surface area contributed by atoms with E-state index in [0.29, 0.717) is 6.42 Å². The number of carbonyl (C=O) groups is 2. The Bertz CT molecular complexity index is 714. The number of aliphatic carboxylic acids is 1. The van der Waals surface area contributed by atoms with Gasteiger partial charge in [-0.25, -0.2) is 4.79 Å². The van der Waals surface area contributed by atoms with Crippen molar-refractivity contribution in [2.45, 2.75) is 43.8 Å². The molecule has 1 aromatic rings. The van der Waals surface area contributed by atoms with Crippen LogP contribution in [-0.4, -0.2) is 77.9 Å². The fourth-order valence-corrected chi connectivity index (χ4v) is 4.67. The van der Waals surface area contributed by atoms with Crippen molar-refractivity contribution in [2.24, 2.45) is 5.92 Å². The number of hydrogen-bond donors (Lipinski definition) is 1. The molecule has 1 aliphatic carbocycles. The van der Waals surface area contributed by atoms with E-state index < -0.39 is 12.1 Å². The minimum Gasteiger partial charge on any atom is -0.475 e. The van der Waals surface area contributed by atoms with Gasteiger partial charge in [0.2, 0.25) is 5.91 Å². The van der Waals surface area contributed by atoms with E-state index in [1.54, 1.807) is 11.3 Å². The second-order valence-corrected chi connectivity index (χ2v) is 9.14. The zero-order valence-corrected chi connectivity index (χ0v) is 17.5. The molecule has 1 amide bonds. The fourth-order valence-electron chi connectivity index (χ4n) is 3.97. The number of likely N-dealkylation sites (tertiary alicyclic amines) is 1. The van der Waals surface area contributed by atoms with E-state index in [-0.39, 0.29) is 11.4 Å². The lowest BCUT2D eigenvalue weighted by Gasteiger charge is -2.51. The highest BCUT2D eigenvalue weighted by atomic mass is 32.1. The van der Waals surface area contributed by atoms with E-state index in [9.17, 15) is 18.0 Å². The predicted octanol–water partition coefficient (Wildman–Crippen LogP) is 3.03. The molecule has 0 bridgehead atoms. The Kier molecular flexibility index (Phi) is 7.41. The van der Waals surface area contributed by atoms with Gasteiger partial charge in [-0.1, -0.05) is 6.07 Å². The molecule has 1 aromatic heterocycles. The van der Waals surface area contributed by atoms with E-state index in [2.05, 4.69) is 15.9 Å². The molecule has 2 aliphatic heterocycles. The third-order valence-corrected chi connectivity index (χ3v) is 6.79. The van der Waals surface area contributed by atoms with Crippen LogP contribution in [0.15, 0.2) is 17.5 Å². The third-order valence-electron chi connectivity index (χ3n) is 5.92. The third kappa shape index (κ3) is 6.18. The Morgan fingerprint density at radius 3 is 2.43 bits per heavy atom. The van der Waals surface area contributed by atoms with Crippen molar-refractivity contribution in [3.8, 4) is 0 Å². The number of hydrogen-bond acceptors (Lipinski definition) is 5. The van der Waals surface area contributed by atoms with Crippen LogP contribution >= 0.6 is 11.3 Å². The molecular weight excluding hydrogens is 421 g/mol. The maximum absolute atomic E-state index is 12.5. The van der Waals surface area contributed by atoms with Gasteiger partial charge >= 0.3 is 12.1 Å². The van der Waals surface area contributed by atoms with Crippen LogP contribution in [0.3, 0.4) is 0 Å². The Morgan fingerprint density at radius 1 is 1.23 bits per heavy atom. The number of carboxylic acid groups (broad SMARTS) is 1. The number of alkyl halides is 3. The molecule has 2 saturated heterocycles. The van der Waals surface area contributed by atoms with Gasteiger partial charge in [-0.05, 0) is 43.0 Å². The lowest BCUT2D eigenvalue weighted by Crippen LogP contribution is -2.62. The zero-order valence-electron chi connectivity index (χ0n) is 16.7. The minimum atomic E-state index is -5.08. The summed E-state index contributed by atoms with van der Waals surface area (Å²) in [6.45, 7) is 5.80. The smallest absolute Gasteiger partial charge is 0.475 e. The van der Waals surface area contributed by atoms with Crippen LogP contribution in [0, 0.1) is 5.92 Å². The lowest BCUT2D eigenvalue weighted by molar-refractivity contribution is -0.192. The Hall–Kier alpha value is -1.65. The number of piperidine rings is 1. The largest absolute Gasteiger partial charge is 0.490 e. The molecule has 6 nitrogen and oxygen atoms in total. The molecular formula is C20H27F3N2O4S. The molecule has 168 valence electrons. The molecule has 3 heterocycles. The van der Waals surface area contributed by atoms with Crippen LogP contribution < -0.4 is 0 Å². The first-order valence-electron chi connectivity index (χ1n) is 10.1. The SMILES string of the molecule is O=C(Cc1cccs1)N1CCC2(CC1)COCCN2CC1CC1.O=C(O)C(F)(F)F. The summed E-state index contributed by atoms with van der Waals surface area (Å²) in [5, 5.41) is 9.17. The van der Waals surface area contributed by atoms with E-state index in [0.717, 1.165) is 51.6 Å². The number of morpholine rings is 1. The monoisotopic (exact) mass is 448 g/mol. The molecule has 1 saturated carbocycles. The van der Waals surface area contributed by atoms with Gasteiger partial charge in [0.05, 0.1) is 19.6 Å². The van der Waals surface area contributed by atoms with Gasteiger partial charge in [0, 0.05) is 36.6 Å². The maximum Gasteiger partial charge on any atom is 0.490 e. The van der Waals surface area contributed by atoms with Crippen molar-refractivity contribution in [1.29, 1.82) is 0 Å². The highest BCUT2D eigenvalue weighted by molar-refractivity contribution is 7.10. The number of ether oxygens (including phenoxy) is 1. The standard InChI is InChI=1S/C18H26N2O2S.C2HF3O2/c21-17(12-16-2-1-11-23-16)19-7-5-18(6-8-19)14-22-10-9-20(18)13-15-3-4-15;3-2(4,5)1(6)7/h1-2,11,15H,3-10,12-14H2;(H,6,7). The first-order valence-corrected chi connectivity index (χ1v) is 11.0. The van der Waals surface area contributed by atoms with E-state index >= 15 is 0 Å². The molecule has 0 unspecified atom stereocenters. The van der Waals surface area contributed by atoms with Gasteiger partial charge in [-0.2, -0.15) is 13.2 Å². The maximum atomic E-state index is 12.5. The van der Waals surface area contributed by atoms with Crippen molar-refractivity contribution >= 4 is 23.2 Å². The average molecular weight is 449 g/mol.